The lowest BCUT2D eigenvalue weighted by Crippen LogP contribution is -2.45. The van der Waals surface area contributed by atoms with Gasteiger partial charge in [0.05, 0.1) is 10.9 Å². The standard InChI is InChI=1S/C37H50ClN3O6S/c1-23-7-6-9-31(37-46-34-20-40(3)21-35(34)47-37)30-14-11-27(30)19-41-16-5-4-8-25-17-29(38)13-10-28(25)22-45-33-15-12-26(18-32(33)41)36(42)39-48(43,44)24(23)2/h10,12-13,15,17-18,23-24,27,30-31,34-35,37H,4-9,11,14,16,19-22H2,1-3H3,(H,39,42)/t23-,24+,27-,30+,31+,34-,35+,37+/m0/s1. The first-order valence-corrected chi connectivity index (χ1v) is 19.8. The molecule has 1 amide bonds. The molecule has 1 saturated carbocycles. The number of benzene rings is 2. The van der Waals surface area contributed by atoms with E-state index in [0.29, 0.717) is 29.8 Å². The highest BCUT2D eigenvalue weighted by atomic mass is 35.5. The van der Waals surface area contributed by atoms with Crippen LogP contribution in [0, 0.1) is 23.7 Å². The van der Waals surface area contributed by atoms with Crippen molar-refractivity contribution < 1.29 is 27.4 Å². The number of fused-ring (bicyclic) bond motifs is 4. The van der Waals surface area contributed by atoms with E-state index in [1.807, 2.05) is 37.3 Å². The summed E-state index contributed by atoms with van der Waals surface area (Å²) in [7, 11) is -1.78. The number of hydrogen-bond donors (Lipinski definition) is 1. The Labute approximate surface area is 290 Å². The van der Waals surface area contributed by atoms with Gasteiger partial charge in [-0.05, 0) is 118 Å². The molecule has 9 nitrogen and oxygen atoms in total. The van der Waals surface area contributed by atoms with Crippen molar-refractivity contribution in [3.63, 3.8) is 0 Å². The summed E-state index contributed by atoms with van der Waals surface area (Å²) in [6, 6.07) is 11.3. The Morgan fingerprint density at radius 2 is 1.67 bits per heavy atom. The molecule has 48 heavy (non-hydrogen) atoms. The fraction of sp³-hybridized carbons (Fsp3) is 0.649. The van der Waals surface area contributed by atoms with Gasteiger partial charge in [0.15, 0.2) is 6.29 Å². The molecule has 1 N–H and O–H groups in total. The monoisotopic (exact) mass is 699 g/mol. The number of nitrogens with one attached hydrogen (secondary N) is 1. The van der Waals surface area contributed by atoms with Gasteiger partial charge in [-0.2, -0.15) is 0 Å². The predicted octanol–water partition coefficient (Wildman–Crippen LogP) is 6.03. The minimum atomic E-state index is -3.90. The number of amides is 1. The van der Waals surface area contributed by atoms with E-state index in [1.54, 1.807) is 13.0 Å². The van der Waals surface area contributed by atoms with Crippen molar-refractivity contribution in [3.8, 4) is 5.75 Å². The lowest BCUT2D eigenvalue weighted by atomic mass is 9.65. The molecule has 2 saturated heterocycles. The second-order valence-corrected chi connectivity index (χ2v) is 17.5. The molecule has 2 bridgehead atoms. The largest absolute Gasteiger partial charge is 0.487 e. The van der Waals surface area contributed by atoms with E-state index in [4.69, 9.17) is 25.8 Å². The molecule has 4 heterocycles. The van der Waals surface area contributed by atoms with Crippen LogP contribution in [-0.4, -0.2) is 76.2 Å². The molecule has 0 radical (unpaired) electrons. The second kappa shape index (κ2) is 14.1. The van der Waals surface area contributed by atoms with E-state index in [9.17, 15) is 13.2 Å². The van der Waals surface area contributed by atoms with Gasteiger partial charge in [0.25, 0.3) is 5.91 Å². The van der Waals surface area contributed by atoms with E-state index in [1.165, 1.54) is 5.56 Å². The molecule has 0 unspecified atom stereocenters. The van der Waals surface area contributed by atoms with Gasteiger partial charge in [-0.15, -0.1) is 0 Å². The van der Waals surface area contributed by atoms with Crippen molar-refractivity contribution in [1.82, 2.24) is 9.62 Å². The van der Waals surface area contributed by atoms with Gasteiger partial charge in [-0.1, -0.05) is 31.0 Å². The third-order valence-corrected chi connectivity index (χ3v) is 14.0. The molecule has 1 aliphatic carbocycles. The number of likely N-dealkylation sites (N-methyl/N-ethyl adjacent to an activating group) is 1. The Morgan fingerprint density at radius 3 is 2.42 bits per heavy atom. The maximum Gasteiger partial charge on any atom is 0.264 e. The number of anilines is 1. The number of ether oxygens (including phenoxy) is 3. The molecular formula is C37H50ClN3O6S. The zero-order chi connectivity index (χ0) is 33.6. The molecule has 11 heteroatoms. The number of likely N-dealkylation sites (tertiary alicyclic amines) is 1. The first kappa shape index (κ1) is 34.1. The number of sulfonamides is 1. The van der Waals surface area contributed by atoms with Crippen molar-refractivity contribution >= 4 is 33.2 Å². The molecular weight excluding hydrogens is 650 g/mol. The van der Waals surface area contributed by atoms with Crippen LogP contribution >= 0.6 is 11.6 Å². The van der Waals surface area contributed by atoms with Crippen molar-refractivity contribution in [1.29, 1.82) is 0 Å². The highest BCUT2D eigenvalue weighted by Gasteiger charge is 2.49. The smallest absolute Gasteiger partial charge is 0.264 e. The molecule has 2 aromatic carbocycles. The number of hydrogen-bond acceptors (Lipinski definition) is 8. The average Bonchev–Trinajstić information content (AvgIpc) is 3.58. The van der Waals surface area contributed by atoms with Gasteiger partial charge in [0, 0.05) is 42.7 Å². The number of carbonyl (C=O) groups excluding carboxylic acids is 1. The van der Waals surface area contributed by atoms with Crippen LogP contribution in [0.4, 0.5) is 5.69 Å². The van der Waals surface area contributed by atoms with E-state index >= 15 is 0 Å². The Balaban J connectivity index is 1.23. The molecule has 8 atom stereocenters. The minimum Gasteiger partial charge on any atom is -0.487 e. The highest BCUT2D eigenvalue weighted by Crippen LogP contribution is 2.48. The van der Waals surface area contributed by atoms with Crippen LogP contribution in [0.2, 0.25) is 5.02 Å². The minimum absolute atomic E-state index is 0.110. The summed E-state index contributed by atoms with van der Waals surface area (Å²) in [5.41, 5.74) is 3.44. The van der Waals surface area contributed by atoms with E-state index in [0.717, 1.165) is 93.8 Å². The van der Waals surface area contributed by atoms with Crippen molar-refractivity contribution in [2.24, 2.45) is 23.7 Å². The summed E-state index contributed by atoms with van der Waals surface area (Å²) in [6.45, 7) is 7.47. The van der Waals surface area contributed by atoms with Gasteiger partial charge in [-0.25, -0.2) is 13.1 Å². The van der Waals surface area contributed by atoms with Crippen molar-refractivity contribution in [3.05, 3.63) is 58.1 Å². The Kier molecular flexibility index (Phi) is 10.0. The van der Waals surface area contributed by atoms with Gasteiger partial charge in [0.1, 0.15) is 24.6 Å². The van der Waals surface area contributed by atoms with Crippen molar-refractivity contribution in [2.75, 3.05) is 38.1 Å². The summed E-state index contributed by atoms with van der Waals surface area (Å²) >= 11 is 6.38. The Morgan fingerprint density at radius 1 is 0.875 bits per heavy atom. The molecule has 262 valence electrons. The Bertz CT molecular complexity index is 1590. The van der Waals surface area contributed by atoms with Crippen LogP contribution in [0.25, 0.3) is 0 Å². The van der Waals surface area contributed by atoms with E-state index in [2.05, 4.69) is 21.6 Å². The highest BCUT2D eigenvalue weighted by molar-refractivity contribution is 7.90. The SMILES string of the molecule is C[C@@H]1[C@@H](C)CCC[C@@H]([C@@H]2O[C@H]3CN(C)C[C@H]3O2)[C@@H]2CC[C@H]2CN2CCCCc3cc(Cl)ccc3COc3ccc(cc32)C(=O)NS1(=O)=O. The third kappa shape index (κ3) is 7.11. The van der Waals surface area contributed by atoms with E-state index in [-0.39, 0.29) is 30.3 Å². The number of halogens is 1. The lowest BCUT2D eigenvalue weighted by molar-refractivity contribution is -0.146. The van der Waals surface area contributed by atoms with Gasteiger partial charge in [-0.3, -0.25) is 4.79 Å². The number of aryl methyl sites for hydroxylation is 1. The maximum atomic E-state index is 13.5. The lowest BCUT2D eigenvalue weighted by Gasteiger charge is -2.46. The summed E-state index contributed by atoms with van der Waals surface area (Å²) in [6.07, 6.45) is 7.67. The van der Waals surface area contributed by atoms with Crippen LogP contribution < -0.4 is 14.4 Å². The first-order valence-electron chi connectivity index (χ1n) is 17.9. The molecule has 2 aromatic rings. The third-order valence-electron chi connectivity index (χ3n) is 11.8. The normalized spacial score (nSPS) is 34.4. The Hall–Kier alpha value is -2.37. The van der Waals surface area contributed by atoms with Crippen LogP contribution in [-0.2, 0) is 32.5 Å². The van der Waals surface area contributed by atoms with Crippen molar-refractivity contribution in [2.45, 2.75) is 95.6 Å². The maximum absolute atomic E-state index is 13.5. The fourth-order valence-corrected chi connectivity index (χ4v) is 10.1. The van der Waals surface area contributed by atoms with Gasteiger partial charge in [0.2, 0.25) is 10.0 Å². The second-order valence-electron chi connectivity index (χ2n) is 15.0. The summed E-state index contributed by atoms with van der Waals surface area (Å²) in [4.78, 5) is 18.2. The van der Waals surface area contributed by atoms with Crippen LogP contribution in [0.1, 0.15) is 80.3 Å². The van der Waals surface area contributed by atoms with Gasteiger partial charge >= 0.3 is 0 Å². The van der Waals surface area contributed by atoms with E-state index < -0.39 is 21.2 Å². The molecule has 7 rings (SSSR count). The molecule has 3 fully saturated rings. The van der Waals surface area contributed by atoms with Gasteiger partial charge < -0.3 is 24.0 Å². The molecule has 0 aromatic heterocycles. The summed E-state index contributed by atoms with van der Waals surface area (Å²) in [5, 5.41) is 0.00673. The predicted molar refractivity (Wildman–Crippen MR) is 187 cm³/mol. The molecule has 4 aliphatic heterocycles. The number of nitrogens with zero attached hydrogens (tertiary/aromatic N) is 2. The quantitative estimate of drug-likeness (QED) is 0.386. The number of rotatable bonds is 1. The molecule has 5 aliphatic rings. The summed E-state index contributed by atoms with van der Waals surface area (Å²) < 4.78 is 49.1. The average molecular weight is 700 g/mol. The topological polar surface area (TPSA) is 97.4 Å². The zero-order valence-electron chi connectivity index (χ0n) is 28.4. The van der Waals surface area contributed by atoms with Crippen LogP contribution in [0.15, 0.2) is 36.4 Å². The van der Waals surface area contributed by atoms with Crippen LogP contribution in [0.5, 0.6) is 5.75 Å². The molecule has 0 spiro atoms. The number of carbonyl (C=O) groups is 1. The first-order chi connectivity index (χ1) is 23.1. The fourth-order valence-electron chi connectivity index (χ4n) is 8.56. The van der Waals surface area contributed by atoms with Crippen LogP contribution in [0.3, 0.4) is 0 Å². The zero-order valence-corrected chi connectivity index (χ0v) is 30.0. The summed E-state index contributed by atoms with van der Waals surface area (Å²) in [5.74, 6) is 1.10.